The lowest BCUT2D eigenvalue weighted by Gasteiger charge is -2.28. The number of rotatable bonds is 4. The third kappa shape index (κ3) is 2.51. The van der Waals surface area contributed by atoms with Crippen molar-refractivity contribution in [2.45, 2.75) is 63.8 Å². The topological polar surface area (TPSA) is 49.7 Å². The molecule has 0 aromatic heterocycles. The third-order valence-corrected chi connectivity index (χ3v) is 4.85. The molecule has 108 valence electrons. The smallest absolute Gasteiger partial charge is 0.235 e. The number of aromatic hydroxyl groups is 1. The molecule has 1 aromatic carbocycles. The summed E-state index contributed by atoms with van der Waals surface area (Å²) >= 11 is 0. The van der Waals surface area contributed by atoms with Gasteiger partial charge in [0.25, 0.3) is 0 Å². The lowest BCUT2D eigenvalue weighted by atomic mass is 9.78. The number of nitrogens with zero attached hydrogens (tertiary/aromatic N) is 1. The van der Waals surface area contributed by atoms with Gasteiger partial charge in [0.15, 0.2) is 0 Å². The van der Waals surface area contributed by atoms with Gasteiger partial charge in [0.05, 0.1) is 0 Å². The van der Waals surface area contributed by atoms with Crippen LogP contribution in [0, 0.1) is 0 Å². The summed E-state index contributed by atoms with van der Waals surface area (Å²) in [5.74, 6) is 0.238. The van der Waals surface area contributed by atoms with E-state index >= 15 is 0 Å². The zero-order chi connectivity index (χ0) is 14.8. The summed E-state index contributed by atoms with van der Waals surface area (Å²) in [7, 11) is 0. The summed E-state index contributed by atoms with van der Waals surface area (Å²) < 4.78 is 0. The van der Waals surface area contributed by atoms with Gasteiger partial charge in [-0.25, -0.2) is 4.79 Å². The maximum Gasteiger partial charge on any atom is 0.235 e. The van der Waals surface area contributed by atoms with E-state index in [1.54, 1.807) is 12.1 Å². The van der Waals surface area contributed by atoms with Crippen LogP contribution in [0.4, 0.5) is 0 Å². The van der Waals surface area contributed by atoms with Gasteiger partial charge in [-0.1, -0.05) is 39.7 Å². The van der Waals surface area contributed by atoms with Crippen molar-refractivity contribution in [2.75, 3.05) is 0 Å². The molecule has 0 radical (unpaired) electrons. The van der Waals surface area contributed by atoms with Crippen LogP contribution in [0.5, 0.6) is 5.75 Å². The van der Waals surface area contributed by atoms with Crippen LogP contribution in [0.2, 0.25) is 0 Å². The molecule has 1 saturated carbocycles. The predicted molar refractivity (Wildman–Crippen MR) is 79.7 cm³/mol. The first-order valence-corrected chi connectivity index (χ1v) is 7.38. The number of benzene rings is 1. The second kappa shape index (κ2) is 5.41. The number of isocyanates is 1. The minimum absolute atomic E-state index is 0.0487. The highest BCUT2D eigenvalue weighted by molar-refractivity contribution is 5.47. The summed E-state index contributed by atoms with van der Waals surface area (Å²) in [5, 5.41) is 10.2. The Hall–Kier alpha value is -1.60. The van der Waals surface area contributed by atoms with E-state index in [1.807, 2.05) is 12.1 Å². The van der Waals surface area contributed by atoms with E-state index in [2.05, 4.69) is 25.8 Å². The lowest BCUT2D eigenvalue weighted by molar-refractivity contribution is 0.405. The van der Waals surface area contributed by atoms with Crippen molar-refractivity contribution in [2.24, 2.45) is 4.99 Å². The fourth-order valence-corrected chi connectivity index (χ4v) is 3.02. The molecule has 20 heavy (non-hydrogen) atoms. The fourth-order valence-electron chi connectivity index (χ4n) is 3.02. The minimum Gasteiger partial charge on any atom is -0.508 e. The number of hydrogen-bond donors (Lipinski definition) is 1. The predicted octanol–water partition coefficient (Wildman–Crippen LogP) is 4.18. The molecule has 1 aromatic rings. The summed E-state index contributed by atoms with van der Waals surface area (Å²) in [6, 6.07) is 5.74. The number of hydrogen-bond acceptors (Lipinski definition) is 3. The van der Waals surface area contributed by atoms with E-state index in [1.165, 1.54) is 5.56 Å². The van der Waals surface area contributed by atoms with Crippen LogP contribution in [0.15, 0.2) is 23.2 Å². The Morgan fingerprint density at radius 2 is 2.00 bits per heavy atom. The van der Waals surface area contributed by atoms with E-state index in [4.69, 9.17) is 0 Å². The minimum atomic E-state index is -0.564. The quantitative estimate of drug-likeness (QED) is 0.660. The Bertz CT molecular complexity index is 536. The van der Waals surface area contributed by atoms with E-state index in [0.29, 0.717) is 0 Å². The van der Waals surface area contributed by atoms with Gasteiger partial charge in [0.1, 0.15) is 11.3 Å². The average molecular weight is 273 g/mol. The maximum absolute atomic E-state index is 10.8. The molecule has 0 aliphatic heterocycles. The van der Waals surface area contributed by atoms with Crippen molar-refractivity contribution < 1.29 is 9.90 Å². The fraction of sp³-hybridized carbons (Fsp3) is 0.588. The van der Waals surface area contributed by atoms with Gasteiger partial charge >= 0.3 is 0 Å². The summed E-state index contributed by atoms with van der Waals surface area (Å²) in [6.45, 7) is 6.53. The van der Waals surface area contributed by atoms with Crippen LogP contribution >= 0.6 is 0 Å². The molecule has 2 rings (SSSR count). The van der Waals surface area contributed by atoms with Crippen LogP contribution in [-0.2, 0) is 15.7 Å². The van der Waals surface area contributed by atoms with Crippen molar-refractivity contribution in [3.63, 3.8) is 0 Å². The number of phenolic OH excluding ortho intramolecular Hbond substituents is 1. The molecule has 1 aliphatic carbocycles. The molecule has 1 fully saturated rings. The molecular weight excluding hydrogens is 250 g/mol. The van der Waals surface area contributed by atoms with Gasteiger partial charge in [0, 0.05) is 5.56 Å². The van der Waals surface area contributed by atoms with Gasteiger partial charge < -0.3 is 5.11 Å². The highest BCUT2D eigenvalue weighted by atomic mass is 16.3. The van der Waals surface area contributed by atoms with Crippen molar-refractivity contribution in [3.8, 4) is 5.75 Å². The highest BCUT2D eigenvalue weighted by Crippen LogP contribution is 2.46. The first-order valence-electron chi connectivity index (χ1n) is 7.38. The molecule has 0 amide bonds. The molecule has 0 atom stereocenters. The van der Waals surface area contributed by atoms with E-state index in [-0.39, 0.29) is 11.2 Å². The normalized spacial score (nSPS) is 17.8. The molecular formula is C17H23NO2. The Balaban J connectivity index is 2.55. The van der Waals surface area contributed by atoms with Gasteiger partial charge in [-0.2, -0.15) is 4.99 Å². The Labute approximate surface area is 120 Å². The summed E-state index contributed by atoms with van der Waals surface area (Å²) in [6.07, 6.45) is 6.42. The largest absolute Gasteiger partial charge is 0.508 e. The van der Waals surface area contributed by atoms with Gasteiger partial charge in [-0.15, -0.1) is 0 Å². The molecule has 1 aliphatic rings. The number of aliphatic imine (C=N–C) groups is 1. The Morgan fingerprint density at radius 1 is 1.35 bits per heavy atom. The Morgan fingerprint density at radius 3 is 2.55 bits per heavy atom. The molecule has 0 unspecified atom stereocenters. The van der Waals surface area contributed by atoms with Gasteiger partial charge in [-0.05, 0) is 42.4 Å². The lowest BCUT2D eigenvalue weighted by Crippen LogP contribution is -2.22. The standard InChI is InChI=1S/C17H23NO2/c1-4-16(2,3)13-7-8-15(20)14(11-13)17(18-12-19)9-5-6-10-17/h7-8,11,20H,4-6,9-10H2,1-3H3. The molecule has 0 spiro atoms. The van der Waals surface area contributed by atoms with E-state index in [0.717, 1.165) is 37.7 Å². The van der Waals surface area contributed by atoms with Gasteiger partial charge in [0.2, 0.25) is 6.08 Å². The van der Waals surface area contributed by atoms with Gasteiger partial charge in [-0.3, -0.25) is 0 Å². The van der Waals surface area contributed by atoms with Crippen molar-refractivity contribution >= 4 is 6.08 Å². The van der Waals surface area contributed by atoms with Crippen molar-refractivity contribution in [1.29, 1.82) is 0 Å². The molecule has 3 heteroatoms. The molecule has 0 saturated heterocycles. The highest BCUT2D eigenvalue weighted by Gasteiger charge is 2.38. The van der Waals surface area contributed by atoms with Crippen LogP contribution in [0.1, 0.15) is 64.0 Å². The zero-order valence-electron chi connectivity index (χ0n) is 12.6. The number of carbonyl (C=O) groups excluding carboxylic acids is 1. The second-order valence-electron chi connectivity index (χ2n) is 6.41. The van der Waals surface area contributed by atoms with Crippen molar-refractivity contribution in [3.05, 3.63) is 29.3 Å². The monoisotopic (exact) mass is 273 g/mol. The summed E-state index contributed by atoms with van der Waals surface area (Å²) in [4.78, 5) is 14.9. The van der Waals surface area contributed by atoms with Crippen molar-refractivity contribution in [1.82, 2.24) is 0 Å². The number of phenols is 1. The molecule has 0 bridgehead atoms. The second-order valence-corrected chi connectivity index (χ2v) is 6.41. The van der Waals surface area contributed by atoms with Crippen LogP contribution in [-0.4, -0.2) is 11.2 Å². The average Bonchev–Trinajstić information content (AvgIpc) is 2.89. The first kappa shape index (κ1) is 14.8. The van der Waals surface area contributed by atoms with Crippen LogP contribution in [0.25, 0.3) is 0 Å². The molecule has 1 N–H and O–H groups in total. The SMILES string of the molecule is CCC(C)(C)c1ccc(O)c(C2(N=C=O)CCCC2)c1. The molecule has 3 nitrogen and oxygen atoms in total. The zero-order valence-corrected chi connectivity index (χ0v) is 12.6. The van der Waals surface area contributed by atoms with E-state index < -0.39 is 5.54 Å². The maximum atomic E-state index is 10.8. The van der Waals surface area contributed by atoms with E-state index in [9.17, 15) is 9.90 Å². The van der Waals surface area contributed by atoms with Crippen LogP contribution in [0.3, 0.4) is 0 Å². The third-order valence-electron chi connectivity index (χ3n) is 4.85. The van der Waals surface area contributed by atoms with Crippen LogP contribution < -0.4 is 0 Å². The first-order chi connectivity index (χ1) is 9.45. The molecule has 0 heterocycles. The summed E-state index contributed by atoms with van der Waals surface area (Å²) in [5.41, 5.74) is 1.45. The Kier molecular flexibility index (Phi) is 4.01.